The molecule has 1 aliphatic rings. The number of rotatable bonds is 6. The third-order valence-electron chi connectivity index (χ3n) is 4.81. The number of benzene rings is 2. The highest BCUT2D eigenvalue weighted by molar-refractivity contribution is 5.84. The van der Waals surface area contributed by atoms with Crippen LogP contribution < -0.4 is 0 Å². The van der Waals surface area contributed by atoms with Crippen LogP contribution in [0.15, 0.2) is 60.7 Å². The third-order valence-corrected chi connectivity index (χ3v) is 4.81. The Labute approximate surface area is 145 Å². The van der Waals surface area contributed by atoms with E-state index in [-0.39, 0.29) is 13.2 Å². The Kier molecular flexibility index (Phi) is 5.14. The number of aliphatic hydroxyl groups is 1. The van der Waals surface area contributed by atoms with Gasteiger partial charge in [0.15, 0.2) is 0 Å². The SMILES string of the molecule is O=C(O)C1[C@@H](c2ccccc2)C(C(=O)OCCO)[C@H]1c1ccccc1. The van der Waals surface area contributed by atoms with Crippen molar-refractivity contribution in [3.8, 4) is 0 Å². The van der Waals surface area contributed by atoms with Crippen LogP contribution in [0.5, 0.6) is 0 Å². The number of aliphatic hydroxyl groups excluding tert-OH is 1. The first-order valence-corrected chi connectivity index (χ1v) is 8.25. The van der Waals surface area contributed by atoms with Gasteiger partial charge in [-0.25, -0.2) is 0 Å². The molecule has 0 spiro atoms. The van der Waals surface area contributed by atoms with Gasteiger partial charge in [-0.15, -0.1) is 0 Å². The second-order valence-corrected chi connectivity index (χ2v) is 6.15. The van der Waals surface area contributed by atoms with Gasteiger partial charge in [0.25, 0.3) is 0 Å². The molecule has 0 aromatic heterocycles. The first kappa shape index (κ1) is 17.2. The van der Waals surface area contributed by atoms with Crippen LogP contribution in [0.4, 0.5) is 0 Å². The minimum absolute atomic E-state index is 0.0872. The maximum Gasteiger partial charge on any atom is 0.310 e. The minimum Gasteiger partial charge on any atom is -0.481 e. The zero-order valence-electron chi connectivity index (χ0n) is 13.6. The summed E-state index contributed by atoms with van der Waals surface area (Å²) < 4.78 is 5.14. The summed E-state index contributed by atoms with van der Waals surface area (Å²) in [5.74, 6) is -3.57. The minimum atomic E-state index is -0.922. The molecule has 0 bridgehead atoms. The van der Waals surface area contributed by atoms with Crippen LogP contribution in [0.3, 0.4) is 0 Å². The number of carboxylic acid groups (broad SMARTS) is 1. The highest BCUT2D eigenvalue weighted by Crippen LogP contribution is 2.57. The van der Waals surface area contributed by atoms with Gasteiger partial charge < -0.3 is 14.9 Å². The van der Waals surface area contributed by atoms with Gasteiger partial charge in [0, 0.05) is 11.8 Å². The van der Waals surface area contributed by atoms with Crippen molar-refractivity contribution in [3.63, 3.8) is 0 Å². The molecule has 0 heterocycles. The molecular weight excluding hydrogens is 320 g/mol. The lowest BCUT2D eigenvalue weighted by Gasteiger charge is -2.49. The Morgan fingerprint density at radius 3 is 1.72 bits per heavy atom. The molecule has 1 aliphatic carbocycles. The van der Waals surface area contributed by atoms with E-state index in [1.165, 1.54) is 0 Å². The summed E-state index contributed by atoms with van der Waals surface area (Å²) in [4.78, 5) is 24.5. The highest BCUT2D eigenvalue weighted by atomic mass is 16.5. The Balaban J connectivity index is 1.99. The van der Waals surface area contributed by atoms with Crippen molar-refractivity contribution in [2.24, 2.45) is 11.8 Å². The smallest absolute Gasteiger partial charge is 0.310 e. The zero-order chi connectivity index (χ0) is 17.8. The molecule has 2 aromatic rings. The molecule has 1 saturated carbocycles. The average molecular weight is 340 g/mol. The van der Waals surface area contributed by atoms with Gasteiger partial charge in [0.05, 0.1) is 18.4 Å². The van der Waals surface area contributed by atoms with E-state index in [0.717, 1.165) is 11.1 Å². The molecule has 0 aliphatic heterocycles. The third kappa shape index (κ3) is 3.28. The number of carboxylic acids is 1. The van der Waals surface area contributed by atoms with E-state index >= 15 is 0 Å². The van der Waals surface area contributed by atoms with Gasteiger partial charge in [-0.2, -0.15) is 0 Å². The molecule has 2 unspecified atom stereocenters. The Bertz CT molecular complexity index is 681. The van der Waals surface area contributed by atoms with Gasteiger partial charge in [-0.3, -0.25) is 9.59 Å². The van der Waals surface area contributed by atoms with Crippen molar-refractivity contribution in [1.29, 1.82) is 0 Å². The number of ether oxygens (including phenoxy) is 1. The summed E-state index contributed by atoms with van der Waals surface area (Å²) in [6.45, 7) is -0.344. The van der Waals surface area contributed by atoms with E-state index in [4.69, 9.17) is 9.84 Å². The van der Waals surface area contributed by atoms with Crippen molar-refractivity contribution in [2.45, 2.75) is 11.8 Å². The van der Waals surface area contributed by atoms with E-state index in [2.05, 4.69) is 0 Å². The molecule has 5 nitrogen and oxygen atoms in total. The number of carbonyl (C=O) groups excluding carboxylic acids is 1. The molecule has 1 fully saturated rings. The van der Waals surface area contributed by atoms with Crippen molar-refractivity contribution in [2.75, 3.05) is 13.2 Å². The van der Waals surface area contributed by atoms with E-state index in [1.807, 2.05) is 60.7 Å². The van der Waals surface area contributed by atoms with Crippen LogP contribution in [0.25, 0.3) is 0 Å². The van der Waals surface area contributed by atoms with Crippen molar-refractivity contribution in [3.05, 3.63) is 71.8 Å². The summed E-state index contributed by atoms with van der Waals surface area (Å²) in [6.07, 6.45) is 0. The molecule has 0 radical (unpaired) electrons. The molecule has 2 N–H and O–H groups in total. The second-order valence-electron chi connectivity index (χ2n) is 6.15. The van der Waals surface area contributed by atoms with Crippen LogP contribution in [-0.4, -0.2) is 35.4 Å². The first-order valence-electron chi connectivity index (χ1n) is 8.25. The van der Waals surface area contributed by atoms with E-state index in [9.17, 15) is 14.7 Å². The molecule has 4 atom stereocenters. The average Bonchev–Trinajstić information content (AvgIpc) is 2.60. The molecule has 25 heavy (non-hydrogen) atoms. The fourth-order valence-corrected chi connectivity index (χ4v) is 3.77. The van der Waals surface area contributed by atoms with Gasteiger partial charge in [-0.1, -0.05) is 60.7 Å². The molecule has 3 rings (SSSR count). The van der Waals surface area contributed by atoms with Crippen LogP contribution in [-0.2, 0) is 14.3 Å². The van der Waals surface area contributed by atoms with E-state index in [1.54, 1.807) is 0 Å². The lowest BCUT2D eigenvalue weighted by atomic mass is 9.52. The molecule has 0 amide bonds. The Hall–Kier alpha value is -2.66. The highest BCUT2D eigenvalue weighted by Gasteiger charge is 2.59. The van der Waals surface area contributed by atoms with E-state index < -0.39 is 35.6 Å². The molecule has 2 aromatic carbocycles. The number of hydrogen-bond donors (Lipinski definition) is 2. The molecule has 130 valence electrons. The van der Waals surface area contributed by atoms with Gasteiger partial charge in [0.1, 0.15) is 6.61 Å². The Morgan fingerprint density at radius 1 is 0.840 bits per heavy atom. The first-order chi connectivity index (χ1) is 12.1. The monoisotopic (exact) mass is 340 g/mol. The van der Waals surface area contributed by atoms with Gasteiger partial charge in [0.2, 0.25) is 0 Å². The number of esters is 1. The maximum absolute atomic E-state index is 12.6. The van der Waals surface area contributed by atoms with Crippen molar-refractivity contribution >= 4 is 11.9 Å². The normalized spacial score (nSPS) is 25.0. The van der Waals surface area contributed by atoms with Gasteiger partial charge in [-0.05, 0) is 11.1 Å². The van der Waals surface area contributed by atoms with Crippen LogP contribution in [0.1, 0.15) is 23.0 Å². The maximum atomic E-state index is 12.6. The number of aliphatic carboxylic acids is 1. The van der Waals surface area contributed by atoms with Crippen LogP contribution >= 0.6 is 0 Å². The lowest BCUT2D eigenvalue weighted by Crippen LogP contribution is -2.51. The van der Waals surface area contributed by atoms with Crippen LogP contribution in [0, 0.1) is 11.8 Å². The summed E-state index contributed by atoms with van der Waals surface area (Å²) in [7, 11) is 0. The number of carbonyl (C=O) groups is 2. The summed E-state index contributed by atoms with van der Waals surface area (Å²) in [5.41, 5.74) is 1.63. The second kappa shape index (κ2) is 7.49. The summed E-state index contributed by atoms with van der Waals surface area (Å²) in [5, 5.41) is 18.7. The van der Waals surface area contributed by atoms with Crippen LogP contribution in [0.2, 0.25) is 0 Å². The van der Waals surface area contributed by atoms with Crippen molar-refractivity contribution < 1.29 is 24.5 Å². The predicted octanol–water partition coefficient (Wildman–Crippen LogP) is 2.42. The molecular formula is C20H20O5. The molecule has 5 heteroatoms. The largest absolute Gasteiger partial charge is 0.481 e. The lowest BCUT2D eigenvalue weighted by molar-refractivity contribution is -0.164. The van der Waals surface area contributed by atoms with E-state index in [0.29, 0.717) is 0 Å². The van der Waals surface area contributed by atoms with Crippen molar-refractivity contribution in [1.82, 2.24) is 0 Å². The van der Waals surface area contributed by atoms with Gasteiger partial charge >= 0.3 is 11.9 Å². The predicted molar refractivity (Wildman–Crippen MR) is 91.0 cm³/mol. The molecule has 0 saturated heterocycles. The fourth-order valence-electron chi connectivity index (χ4n) is 3.77. The Morgan fingerprint density at radius 2 is 1.32 bits per heavy atom. The zero-order valence-corrected chi connectivity index (χ0v) is 13.6. The summed E-state index contributed by atoms with van der Waals surface area (Å²) >= 11 is 0. The summed E-state index contributed by atoms with van der Waals surface area (Å²) in [6, 6.07) is 18.4. The standard InChI is InChI=1S/C20H20O5/c21-11-12-25-20(24)18-15(13-7-3-1-4-8-13)17(19(22)23)16(18)14-9-5-2-6-10-14/h1-10,15-18,21H,11-12H2,(H,22,23)/t15-,16+,17?,18?. The quantitative estimate of drug-likeness (QED) is 0.789. The topological polar surface area (TPSA) is 83.8 Å². The number of hydrogen-bond acceptors (Lipinski definition) is 4. The fraction of sp³-hybridized carbons (Fsp3) is 0.300.